The van der Waals surface area contributed by atoms with Gasteiger partial charge < -0.3 is 4.90 Å². The van der Waals surface area contributed by atoms with Gasteiger partial charge in [-0.05, 0) is 18.4 Å². The largest absolute Gasteiger partial charge is 0.337 e. The SMILES string of the molecule is O=C(N1CC(n2ccnn2)C1)C1(c2ccccc2)CCC1. The molecule has 21 heavy (non-hydrogen) atoms. The van der Waals surface area contributed by atoms with Gasteiger partial charge in [0, 0.05) is 19.3 Å². The van der Waals surface area contributed by atoms with E-state index in [2.05, 4.69) is 22.4 Å². The monoisotopic (exact) mass is 282 g/mol. The smallest absolute Gasteiger partial charge is 0.233 e. The number of rotatable bonds is 3. The number of benzene rings is 1. The number of nitrogens with zero attached hydrogens (tertiary/aromatic N) is 4. The lowest BCUT2D eigenvalue weighted by Gasteiger charge is -2.48. The Morgan fingerprint density at radius 2 is 1.95 bits per heavy atom. The number of hydrogen-bond donors (Lipinski definition) is 0. The van der Waals surface area contributed by atoms with E-state index >= 15 is 0 Å². The summed E-state index contributed by atoms with van der Waals surface area (Å²) in [5.74, 6) is 0.288. The van der Waals surface area contributed by atoms with Crippen LogP contribution in [0.3, 0.4) is 0 Å². The Morgan fingerprint density at radius 1 is 1.19 bits per heavy atom. The zero-order chi connectivity index (χ0) is 14.3. The molecule has 1 aliphatic heterocycles. The predicted molar refractivity (Wildman–Crippen MR) is 77.6 cm³/mol. The first-order valence-corrected chi connectivity index (χ1v) is 7.50. The van der Waals surface area contributed by atoms with Crippen LogP contribution in [-0.4, -0.2) is 38.9 Å². The molecule has 1 aromatic carbocycles. The van der Waals surface area contributed by atoms with Gasteiger partial charge in [-0.25, -0.2) is 4.68 Å². The summed E-state index contributed by atoms with van der Waals surface area (Å²) >= 11 is 0. The lowest BCUT2D eigenvalue weighted by molar-refractivity contribution is -0.147. The molecule has 2 aromatic rings. The fourth-order valence-corrected chi connectivity index (χ4v) is 3.42. The van der Waals surface area contributed by atoms with Gasteiger partial charge in [-0.15, -0.1) is 5.10 Å². The van der Waals surface area contributed by atoms with Gasteiger partial charge in [0.15, 0.2) is 0 Å². The summed E-state index contributed by atoms with van der Waals surface area (Å²) in [5.41, 5.74) is 0.902. The molecule has 5 heteroatoms. The summed E-state index contributed by atoms with van der Waals surface area (Å²) in [5, 5.41) is 7.84. The van der Waals surface area contributed by atoms with Gasteiger partial charge in [-0.2, -0.15) is 0 Å². The van der Waals surface area contributed by atoms with E-state index in [1.54, 1.807) is 6.20 Å². The molecule has 0 N–H and O–H groups in total. The number of amides is 1. The van der Waals surface area contributed by atoms with E-state index in [1.165, 1.54) is 5.56 Å². The number of carbonyl (C=O) groups excluding carboxylic acids is 1. The van der Waals surface area contributed by atoms with Crippen LogP contribution in [0.5, 0.6) is 0 Å². The molecule has 1 saturated carbocycles. The average molecular weight is 282 g/mol. The minimum absolute atomic E-state index is 0.269. The highest BCUT2D eigenvalue weighted by molar-refractivity contribution is 5.90. The topological polar surface area (TPSA) is 51.0 Å². The molecular weight excluding hydrogens is 264 g/mol. The molecule has 0 spiro atoms. The second-order valence-corrected chi connectivity index (χ2v) is 6.05. The highest BCUT2D eigenvalue weighted by Gasteiger charge is 2.50. The second-order valence-electron chi connectivity index (χ2n) is 6.05. The molecule has 2 heterocycles. The minimum Gasteiger partial charge on any atom is -0.337 e. The number of likely N-dealkylation sites (tertiary alicyclic amines) is 1. The molecule has 2 aliphatic rings. The molecular formula is C16H18N4O. The van der Waals surface area contributed by atoms with Gasteiger partial charge in [-0.3, -0.25) is 4.79 Å². The Morgan fingerprint density at radius 3 is 2.52 bits per heavy atom. The molecule has 5 nitrogen and oxygen atoms in total. The minimum atomic E-state index is -0.269. The molecule has 0 unspecified atom stereocenters. The summed E-state index contributed by atoms with van der Waals surface area (Å²) in [6, 6.07) is 10.5. The van der Waals surface area contributed by atoms with Crippen LogP contribution in [0.1, 0.15) is 30.9 Å². The van der Waals surface area contributed by atoms with Crippen molar-refractivity contribution in [2.75, 3.05) is 13.1 Å². The van der Waals surface area contributed by atoms with E-state index in [4.69, 9.17) is 0 Å². The van der Waals surface area contributed by atoms with E-state index in [0.717, 1.165) is 32.4 Å². The Kier molecular flexibility index (Phi) is 2.80. The van der Waals surface area contributed by atoms with Gasteiger partial charge in [0.1, 0.15) is 0 Å². The first-order valence-electron chi connectivity index (χ1n) is 7.50. The van der Waals surface area contributed by atoms with E-state index < -0.39 is 0 Å². The van der Waals surface area contributed by atoms with Crippen LogP contribution >= 0.6 is 0 Å². The molecule has 1 aromatic heterocycles. The van der Waals surface area contributed by atoms with Crippen LogP contribution in [0.25, 0.3) is 0 Å². The summed E-state index contributed by atoms with van der Waals surface area (Å²) in [6.07, 6.45) is 6.63. The maximum atomic E-state index is 12.9. The van der Waals surface area contributed by atoms with Crippen LogP contribution in [0.2, 0.25) is 0 Å². The Balaban J connectivity index is 1.50. The quantitative estimate of drug-likeness (QED) is 0.862. The van der Waals surface area contributed by atoms with Crippen molar-refractivity contribution in [3.05, 3.63) is 48.3 Å². The highest BCUT2D eigenvalue weighted by atomic mass is 16.2. The fourth-order valence-electron chi connectivity index (χ4n) is 3.42. The van der Waals surface area contributed by atoms with Crippen LogP contribution in [0, 0.1) is 0 Å². The molecule has 2 fully saturated rings. The van der Waals surface area contributed by atoms with E-state index in [1.807, 2.05) is 34.0 Å². The summed E-state index contributed by atoms with van der Waals surface area (Å²) in [4.78, 5) is 14.9. The third kappa shape index (κ3) is 1.87. The Labute approximate surface area is 123 Å². The third-order valence-corrected chi connectivity index (χ3v) is 4.91. The van der Waals surface area contributed by atoms with E-state index in [0.29, 0.717) is 0 Å². The maximum Gasteiger partial charge on any atom is 0.233 e. The number of aromatic nitrogens is 3. The maximum absolute atomic E-state index is 12.9. The molecule has 4 rings (SSSR count). The average Bonchev–Trinajstić information content (AvgIpc) is 2.91. The molecule has 1 amide bonds. The lowest BCUT2D eigenvalue weighted by atomic mass is 9.63. The molecule has 1 aliphatic carbocycles. The highest BCUT2D eigenvalue weighted by Crippen LogP contribution is 2.46. The van der Waals surface area contributed by atoms with Crippen LogP contribution < -0.4 is 0 Å². The summed E-state index contributed by atoms with van der Waals surface area (Å²) in [7, 11) is 0. The zero-order valence-corrected chi connectivity index (χ0v) is 11.9. The van der Waals surface area contributed by atoms with E-state index in [9.17, 15) is 4.79 Å². The van der Waals surface area contributed by atoms with Crippen molar-refractivity contribution in [2.24, 2.45) is 0 Å². The van der Waals surface area contributed by atoms with Crippen molar-refractivity contribution in [1.82, 2.24) is 19.9 Å². The zero-order valence-electron chi connectivity index (χ0n) is 11.9. The molecule has 1 saturated heterocycles. The summed E-state index contributed by atoms with van der Waals surface area (Å²) in [6.45, 7) is 1.49. The van der Waals surface area contributed by atoms with Crippen molar-refractivity contribution in [1.29, 1.82) is 0 Å². The fraction of sp³-hybridized carbons (Fsp3) is 0.438. The van der Waals surface area contributed by atoms with Gasteiger partial charge >= 0.3 is 0 Å². The lowest BCUT2D eigenvalue weighted by Crippen LogP contribution is -2.59. The predicted octanol–water partition coefficient (Wildman–Crippen LogP) is 1.78. The molecule has 0 radical (unpaired) electrons. The van der Waals surface area contributed by atoms with Crippen molar-refractivity contribution in [3.63, 3.8) is 0 Å². The van der Waals surface area contributed by atoms with Crippen molar-refractivity contribution >= 4 is 5.91 Å². The van der Waals surface area contributed by atoms with Gasteiger partial charge in [0.25, 0.3) is 0 Å². The molecule has 0 bridgehead atoms. The van der Waals surface area contributed by atoms with Crippen LogP contribution in [-0.2, 0) is 10.2 Å². The van der Waals surface area contributed by atoms with E-state index in [-0.39, 0.29) is 17.4 Å². The number of carbonyl (C=O) groups is 1. The molecule has 0 atom stereocenters. The van der Waals surface area contributed by atoms with Gasteiger partial charge in [0.05, 0.1) is 17.7 Å². The van der Waals surface area contributed by atoms with Crippen molar-refractivity contribution in [2.45, 2.75) is 30.7 Å². The Bertz CT molecular complexity index is 628. The first-order chi connectivity index (χ1) is 10.3. The first kappa shape index (κ1) is 12.6. The number of hydrogen-bond acceptors (Lipinski definition) is 3. The van der Waals surface area contributed by atoms with Crippen molar-refractivity contribution < 1.29 is 4.79 Å². The van der Waals surface area contributed by atoms with Crippen LogP contribution in [0.15, 0.2) is 42.7 Å². The molecule has 108 valence electrons. The second kappa shape index (κ2) is 4.69. The van der Waals surface area contributed by atoms with Gasteiger partial charge in [0.2, 0.25) is 5.91 Å². The summed E-state index contributed by atoms with van der Waals surface area (Å²) < 4.78 is 1.85. The normalized spacial score (nSPS) is 20.7. The Hall–Kier alpha value is -2.17. The van der Waals surface area contributed by atoms with Crippen molar-refractivity contribution in [3.8, 4) is 0 Å². The van der Waals surface area contributed by atoms with Crippen LogP contribution in [0.4, 0.5) is 0 Å². The van der Waals surface area contributed by atoms with Gasteiger partial charge in [-0.1, -0.05) is 42.0 Å². The standard InChI is InChI=1S/C16H18N4O/c21-15(19-11-14(12-19)20-10-9-17-18-20)16(7-4-8-16)13-5-2-1-3-6-13/h1-3,5-6,9-10,14H,4,7-8,11-12H2. The third-order valence-electron chi connectivity index (χ3n) is 4.91.